The van der Waals surface area contributed by atoms with E-state index in [1.165, 1.54) is 33.0 Å². The number of nitrogens with two attached hydrogens (primary N) is 2. The number of aryl methyl sites for hydroxylation is 1. The second kappa shape index (κ2) is 37.4. The van der Waals surface area contributed by atoms with Gasteiger partial charge in [0.2, 0.25) is 65.2 Å². The Morgan fingerprint density at radius 1 is 0.692 bits per heavy atom. The van der Waals surface area contributed by atoms with Crippen LogP contribution in [-0.2, 0) is 63.8 Å². The molecule has 18 atom stereocenters. The standard InChI is InChI=1S/C80H95Cl2N11O24/c1-7-8-9-10-11-36-12-17-41(18-13-36)87-57(99)32-86-74(107)62-44-28-42(95)29-50(97)59(44)43-23-37(14-19-49(43)96)60-75(108)93-64(78(111)91-62)66(101)39-16-21-52(46(82)25-39)114-54-27-40-26-53(69(54)117-79-70(68(103)67(102)55(33-94)115-79)116-58-31-80(5,84)71(104)35(4)112-58)113-51-20-15-38(24-45(51)81)65(100)63(92-72(105)47(85-6)22-34(2)3)77(110)88-48(30-56(83)98)73(106)89-61(40)76(109)90-60/h12-21,23-29,34-35,47-48,55,58,60-68,70-71,79,85,94-97,100-104H,7-11,22,30-33,84H2,1-6H3,(H2,83,98)(H,86,107)(H,87,99)(H,88,110)(H,89,106)(H,90,109)(H,91,111)(H,92,105)(H,93,108)/t35-,47+,48-,55+,58?,60+,61?,62?,63+,64-,65+,66+,67+,68-,70+,71+,79-,80-/m0/s1. The molecule has 22 N–H and O–H groups in total. The van der Waals surface area contributed by atoms with Gasteiger partial charge in [0, 0.05) is 34.8 Å². The van der Waals surface area contributed by atoms with Gasteiger partial charge in [0.1, 0.15) is 95.5 Å². The highest BCUT2D eigenvalue weighted by Crippen LogP contribution is 2.50. The number of phenolic OH excluding ortho intramolecular Hbond substituents is 3. The minimum Gasteiger partial charge on any atom is -0.508 e. The molecule has 3 unspecified atom stereocenters. The average Bonchev–Trinajstić information content (AvgIpc) is 0.763. The highest BCUT2D eigenvalue weighted by atomic mass is 35.5. The van der Waals surface area contributed by atoms with Crippen LogP contribution in [0.15, 0.2) is 103 Å². The van der Waals surface area contributed by atoms with E-state index in [9.17, 15) is 69.9 Å². The maximum Gasteiger partial charge on any atom is 0.248 e. The topological polar surface area (TPSA) is 551 Å². The summed E-state index contributed by atoms with van der Waals surface area (Å²) in [5, 5.41) is 128. The van der Waals surface area contributed by atoms with E-state index in [4.69, 9.17) is 63.1 Å². The number of fused-ring (bicyclic) bond motifs is 15. The average molecular weight is 1670 g/mol. The third kappa shape index (κ3) is 20.2. The first-order valence-corrected chi connectivity index (χ1v) is 38.7. The summed E-state index contributed by atoms with van der Waals surface area (Å²) < 4.78 is 38.6. The molecule has 2 fully saturated rings. The van der Waals surface area contributed by atoms with Gasteiger partial charge in [0.25, 0.3) is 0 Å². The summed E-state index contributed by atoms with van der Waals surface area (Å²) in [4.78, 5) is 134. The summed E-state index contributed by atoms with van der Waals surface area (Å²) in [6, 6.07) is 6.69. The first-order valence-electron chi connectivity index (χ1n) is 37.9. The van der Waals surface area contributed by atoms with E-state index in [2.05, 4.69) is 54.8 Å². The molecule has 0 aromatic heterocycles. The monoisotopic (exact) mass is 1660 g/mol. The van der Waals surface area contributed by atoms with Crippen LogP contribution in [0.5, 0.6) is 46.0 Å². The molecule has 0 radical (unpaired) electrons. The van der Waals surface area contributed by atoms with E-state index in [0.717, 1.165) is 104 Å². The number of rotatable bonds is 21. The number of likely N-dealkylation sites (N-methyl/N-ethyl adjacent to an activating group) is 1. The number of hydrogen-bond donors (Lipinski definition) is 20. The van der Waals surface area contributed by atoms with Gasteiger partial charge in [-0.25, -0.2) is 0 Å². The number of phenols is 3. The van der Waals surface area contributed by atoms with Gasteiger partial charge in [-0.3, -0.25) is 43.2 Å². The number of ether oxygens (including phenoxy) is 6. The molecule has 0 spiro atoms. The van der Waals surface area contributed by atoms with Gasteiger partial charge in [0.15, 0.2) is 23.9 Å². The molecule has 0 saturated carbocycles. The molecule has 628 valence electrons. The van der Waals surface area contributed by atoms with Crippen molar-refractivity contribution in [2.75, 3.05) is 25.5 Å². The molecule has 9 amide bonds. The molecule has 7 aliphatic heterocycles. The minimum atomic E-state index is -2.37. The molecule has 6 aromatic carbocycles. The van der Waals surface area contributed by atoms with Gasteiger partial charge in [-0.1, -0.05) is 93.6 Å². The van der Waals surface area contributed by atoms with Crippen molar-refractivity contribution in [3.8, 4) is 57.1 Å². The minimum absolute atomic E-state index is 0.107. The Bertz CT molecular complexity index is 4730. The fourth-order valence-electron chi connectivity index (χ4n) is 14.5. The summed E-state index contributed by atoms with van der Waals surface area (Å²) in [7, 11) is 1.48. The maximum atomic E-state index is 16.3. The van der Waals surface area contributed by atoms with Crippen molar-refractivity contribution < 1.29 is 118 Å². The fourth-order valence-corrected chi connectivity index (χ4v) is 14.9. The number of unbranched alkanes of at least 4 members (excludes halogenated alkanes) is 3. The summed E-state index contributed by atoms with van der Waals surface area (Å²) in [5.41, 5.74) is 9.62. The van der Waals surface area contributed by atoms with E-state index in [1.54, 1.807) is 12.1 Å². The molecule has 0 aliphatic carbocycles. The van der Waals surface area contributed by atoms with Crippen molar-refractivity contribution in [1.29, 1.82) is 0 Å². The Kier molecular flexibility index (Phi) is 27.9. The fraction of sp³-hybridized carbons (Fsp3) is 0.438. The molecule has 7 heterocycles. The van der Waals surface area contributed by atoms with Crippen molar-refractivity contribution in [3.63, 3.8) is 0 Å². The SMILES string of the molecule is CCCCCCc1ccc(NC(=O)CNC(=O)C2NC(=O)[C@H]3NC(=O)[C@H](NC(=O)C4NC(=O)[C@H](CC(N)=O)NC(=O)[C@H](NC(=O)[C@@H](CC(C)C)NC)[C@H](O)c5ccc(c(Cl)c5)Oc5cc4cc(c5O[C@@H]4O[C@H](CO)[C@@H](O)[C@H](O)[C@H]4OC4C[C@](C)(N)[C@H](O)[C@H](C)O4)Oc4ccc(cc4Cl)[C@H]3O)c3ccc(O)c(c3)-c3c(O)cc(O)cc32)cc1. The van der Waals surface area contributed by atoms with Crippen molar-refractivity contribution in [2.45, 2.75) is 195 Å². The second-order valence-electron chi connectivity index (χ2n) is 30.1. The largest absolute Gasteiger partial charge is 0.508 e. The van der Waals surface area contributed by atoms with Crippen LogP contribution in [0.4, 0.5) is 5.69 Å². The number of aromatic hydroxyl groups is 3. The molecule has 2 saturated heterocycles. The Hall–Kier alpha value is -10.5. The lowest BCUT2D eigenvalue weighted by Crippen LogP contribution is -2.64. The number of amides is 9. The number of aliphatic hydroxyl groups excluding tert-OH is 6. The van der Waals surface area contributed by atoms with Crippen LogP contribution in [-0.4, -0.2) is 198 Å². The van der Waals surface area contributed by atoms with Gasteiger partial charge in [-0.15, -0.1) is 0 Å². The zero-order valence-corrected chi connectivity index (χ0v) is 65.8. The van der Waals surface area contributed by atoms with E-state index in [1.807, 2.05) is 26.0 Å². The number of anilines is 1. The molecule has 117 heavy (non-hydrogen) atoms. The van der Waals surface area contributed by atoms with Crippen molar-refractivity contribution in [1.82, 2.24) is 42.5 Å². The molecule has 13 rings (SSSR count). The summed E-state index contributed by atoms with van der Waals surface area (Å²) in [5.74, 6) is -16.1. The number of carbonyl (C=O) groups is 9. The lowest BCUT2D eigenvalue weighted by Gasteiger charge is -2.47. The van der Waals surface area contributed by atoms with Crippen LogP contribution in [0, 0.1) is 5.92 Å². The Labute approximate surface area is 680 Å². The van der Waals surface area contributed by atoms with Gasteiger partial charge in [0.05, 0.1) is 47.9 Å². The Morgan fingerprint density at radius 3 is 1.94 bits per heavy atom. The molecule has 37 heteroatoms. The number of halogens is 2. The second-order valence-corrected chi connectivity index (χ2v) is 31.0. The molecule has 11 bridgehead atoms. The zero-order valence-electron chi connectivity index (χ0n) is 64.3. The van der Waals surface area contributed by atoms with Crippen LogP contribution in [0.2, 0.25) is 10.0 Å². The lowest BCUT2D eigenvalue weighted by molar-refractivity contribution is -0.333. The van der Waals surface area contributed by atoms with Crippen LogP contribution in [0.1, 0.15) is 143 Å². The van der Waals surface area contributed by atoms with Gasteiger partial charge in [-0.2, -0.15) is 0 Å². The first-order chi connectivity index (χ1) is 55.5. The van der Waals surface area contributed by atoms with Crippen molar-refractivity contribution >= 4 is 82.1 Å². The van der Waals surface area contributed by atoms with E-state index in [-0.39, 0.29) is 46.2 Å². The third-order valence-electron chi connectivity index (χ3n) is 20.8. The van der Waals surface area contributed by atoms with Gasteiger partial charge in [-0.05, 0) is 146 Å². The summed E-state index contributed by atoms with van der Waals surface area (Å²) in [6.45, 7) is 7.00. The molecule has 7 aliphatic rings. The van der Waals surface area contributed by atoms with E-state index >= 15 is 19.2 Å². The number of hydrogen-bond acceptors (Lipinski definition) is 26. The highest BCUT2D eigenvalue weighted by molar-refractivity contribution is 6.32. The first kappa shape index (κ1) is 87.3. The molecular formula is C80H95Cl2N11O24. The van der Waals surface area contributed by atoms with Crippen molar-refractivity contribution in [2.24, 2.45) is 17.4 Å². The summed E-state index contributed by atoms with van der Waals surface area (Å²) in [6.07, 6.45) is -13.8. The predicted molar refractivity (Wildman–Crippen MR) is 418 cm³/mol. The van der Waals surface area contributed by atoms with Crippen LogP contribution >= 0.6 is 23.2 Å². The zero-order chi connectivity index (χ0) is 84.8. The number of benzene rings is 6. The Balaban J connectivity index is 1.10. The number of nitrogens with one attached hydrogen (secondary N) is 9. The number of carbonyl (C=O) groups excluding carboxylic acids is 9. The van der Waals surface area contributed by atoms with Gasteiger partial charge < -0.3 is 134 Å². The van der Waals surface area contributed by atoms with Gasteiger partial charge >= 0.3 is 0 Å². The smallest absolute Gasteiger partial charge is 0.248 e. The van der Waals surface area contributed by atoms with Crippen LogP contribution in [0.25, 0.3) is 11.1 Å². The van der Waals surface area contributed by atoms with Crippen molar-refractivity contribution in [3.05, 3.63) is 147 Å². The molecule has 6 aromatic rings. The summed E-state index contributed by atoms with van der Waals surface area (Å²) >= 11 is 14.3. The number of aliphatic hydroxyl groups is 6. The van der Waals surface area contributed by atoms with E-state index < -0.39 is 250 Å². The van der Waals surface area contributed by atoms with E-state index in [0.29, 0.717) is 5.69 Å². The molecular weight excluding hydrogens is 1570 g/mol. The normalized spacial score (nSPS) is 26.9. The third-order valence-corrected chi connectivity index (χ3v) is 21.4. The Morgan fingerprint density at radius 2 is 1.32 bits per heavy atom. The predicted octanol–water partition coefficient (Wildman–Crippen LogP) is 2.90. The van der Waals surface area contributed by atoms with Crippen LogP contribution < -0.4 is 73.5 Å². The quantitative estimate of drug-likeness (QED) is 0.0461. The molecule has 35 nitrogen and oxygen atoms in total. The lowest BCUT2D eigenvalue weighted by atomic mass is 9.86. The number of primary amides is 1. The maximum absolute atomic E-state index is 16.3. The highest BCUT2D eigenvalue weighted by Gasteiger charge is 2.52. The van der Waals surface area contributed by atoms with Crippen LogP contribution in [0.3, 0.4) is 0 Å².